The van der Waals surface area contributed by atoms with Gasteiger partial charge in [-0.15, -0.1) is 0 Å². The van der Waals surface area contributed by atoms with Gasteiger partial charge in [0.1, 0.15) is 0 Å². The zero-order valence-corrected chi connectivity index (χ0v) is 13.6. The second-order valence-corrected chi connectivity index (χ2v) is 5.91. The summed E-state index contributed by atoms with van der Waals surface area (Å²) in [6.45, 7) is 8.42. The predicted octanol–water partition coefficient (Wildman–Crippen LogP) is 6.11. The first-order chi connectivity index (χ1) is 11.1. The minimum absolute atomic E-state index is 1.05. The molecule has 1 heteroatoms. The van der Waals surface area contributed by atoms with Crippen molar-refractivity contribution in [1.29, 1.82) is 0 Å². The molecule has 0 saturated carbocycles. The lowest BCUT2D eigenvalue weighted by atomic mass is 9.98. The Morgan fingerprint density at radius 1 is 0.609 bits per heavy atom. The first-order valence-electron chi connectivity index (χ1n) is 7.82. The first kappa shape index (κ1) is 15.1. The van der Waals surface area contributed by atoms with Crippen LogP contribution in [0.1, 0.15) is 22.3 Å². The Kier molecular flexibility index (Phi) is 4.29. The second kappa shape index (κ2) is 6.53. The lowest BCUT2D eigenvalue weighted by Crippen LogP contribution is -1.91. The number of nitrogens with one attached hydrogen (secondary N) is 1. The van der Waals surface area contributed by atoms with Crippen LogP contribution in [0.25, 0.3) is 5.57 Å². The molecular weight excluding hydrogens is 278 g/mol. The van der Waals surface area contributed by atoms with Gasteiger partial charge in [-0.1, -0.05) is 66.2 Å². The number of hydrogen-bond acceptors (Lipinski definition) is 1. The largest absolute Gasteiger partial charge is 0.356 e. The molecule has 0 aliphatic heterocycles. The highest BCUT2D eigenvalue weighted by atomic mass is 14.9. The van der Waals surface area contributed by atoms with E-state index in [9.17, 15) is 0 Å². The Morgan fingerprint density at radius 2 is 0.957 bits per heavy atom. The average Bonchev–Trinajstić information content (AvgIpc) is 2.58. The van der Waals surface area contributed by atoms with Crippen molar-refractivity contribution in [2.24, 2.45) is 0 Å². The number of anilines is 2. The summed E-state index contributed by atoms with van der Waals surface area (Å²) in [5, 5.41) is 3.41. The summed E-state index contributed by atoms with van der Waals surface area (Å²) in [7, 11) is 0. The molecule has 0 amide bonds. The summed E-state index contributed by atoms with van der Waals surface area (Å²) in [6, 6.07) is 25.3. The Bertz CT molecular complexity index is 794. The van der Waals surface area contributed by atoms with Gasteiger partial charge in [-0.3, -0.25) is 0 Å². The summed E-state index contributed by atoms with van der Waals surface area (Å²) in [5.74, 6) is 0. The third-order valence-corrected chi connectivity index (χ3v) is 3.97. The van der Waals surface area contributed by atoms with E-state index < -0.39 is 0 Å². The van der Waals surface area contributed by atoms with E-state index >= 15 is 0 Å². The van der Waals surface area contributed by atoms with E-state index in [0.29, 0.717) is 0 Å². The third kappa shape index (κ3) is 3.70. The van der Waals surface area contributed by atoms with Crippen LogP contribution in [0, 0.1) is 13.8 Å². The molecule has 3 aromatic rings. The Hall–Kier alpha value is -2.80. The van der Waals surface area contributed by atoms with Crippen LogP contribution in [0.3, 0.4) is 0 Å². The van der Waals surface area contributed by atoms with Gasteiger partial charge in [0.25, 0.3) is 0 Å². The Morgan fingerprint density at radius 3 is 1.43 bits per heavy atom. The van der Waals surface area contributed by atoms with Crippen molar-refractivity contribution in [3.8, 4) is 0 Å². The maximum absolute atomic E-state index is 4.23. The van der Waals surface area contributed by atoms with Gasteiger partial charge in [-0.05, 0) is 54.8 Å². The fourth-order valence-electron chi connectivity index (χ4n) is 2.48. The molecule has 0 bridgehead atoms. The van der Waals surface area contributed by atoms with Gasteiger partial charge in [0, 0.05) is 11.4 Å². The number of benzene rings is 3. The smallest absolute Gasteiger partial charge is 0.0384 e. The zero-order chi connectivity index (χ0) is 16.2. The highest BCUT2D eigenvalue weighted by Gasteiger charge is 2.03. The fourth-order valence-corrected chi connectivity index (χ4v) is 2.48. The van der Waals surface area contributed by atoms with E-state index in [2.05, 4.69) is 98.5 Å². The monoisotopic (exact) mass is 299 g/mol. The maximum Gasteiger partial charge on any atom is 0.0384 e. The van der Waals surface area contributed by atoms with Gasteiger partial charge >= 0.3 is 0 Å². The molecule has 23 heavy (non-hydrogen) atoms. The lowest BCUT2D eigenvalue weighted by molar-refractivity contribution is 1.44. The van der Waals surface area contributed by atoms with Crippen molar-refractivity contribution in [3.63, 3.8) is 0 Å². The summed E-state index contributed by atoms with van der Waals surface area (Å²) in [5.41, 5.74) is 8.06. The van der Waals surface area contributed by atoms with Gasteiger partial charge in [-0.25, -0.2) is 0 Å². The molecule has 0 radical (unpaired) electrons. The number of aryl methyl sites for hydroxylation is 2. The van der Waals surface area contributed by atoms with E-state index in [1.807, 2.05) is 0 Å². The predicted molar refractivity (Wildman–Crippen MR) is 100 cm³/mol. The zero-order valence-electron chi connectivity index (χ0n) is 13.6. The molecule has 1 nitrogen and oxygen atoms in total. The SMILES string of the molecule is C=C(c1ccc(C)cc1)c1ccc(Nc2ccc(C)cc2)cc1. The molecule has 0 saturated heterocycles. The number of hydrogen-bond donors (Lipinski definition) is 1. The van der Waals surface area contributed by atoms with Crippen molar-refractivity contribution >= 4 is 16.9 Å². The van der Waals surface area contributed by atoms with Crippen molar-refractivity contribution in [2.45, 2.75) is 13.8 Å². The average molecular weight is 299 g/mol. The summed E-state index contributed by atoms with van der Waals surface area (Å²) < 4.78 is 0. The molecule has 114 valence electrons. The van der Waals surface area contributed by atoms with Crippen LogP contribution in [0.4, 0.5) is 11.4 Å². The van der Waals surface area contributed by atoms with Crippen molar-refractivity contribution in [2.75, 3.05) is 5.32 Å². The highest BCUT2D eigenvalue weighted by Crippen LogP contribution is 2.24. The van der Waals surface area contributed by atoms with E-state index in [1.54, 1.807) is 0 Å². The van der Waals surface area contributed by atoms with E-state index in [1.165, 1.54) is 11.1 Å². The van der Waals surface area contributed by atoms with Crippen LogP contribution < -0.4 is 5.32 Å². The van der Waals surface area contributed by atoms with Crippen LogP contribution in [-0.2, 0) is 0 Å². The third-order valence-electron chi connectivity index (χ3n) is 3.97. The van der Waals surface area contributed by atoms with Crippen molar-refractivity contribution < 1.29 is 0 Å². The molecule has 3 aromatic carbocycles. The second-order valence-electron chi connectivity index (χ2n) is 5.91. The summed E-state index contributed by atoms with van der Waals surface area (Å²) in [6.07, 6.45) is 0. The molecule has 0 aromatic heterocycles. The van der Waals surface area contributed by atoms with Gasteiger partial charge in [-0.2, -0.15) is 0 Å². The van der Waals surface area contributed by atoms with Crippen LogP contribution >= 0.6 is 0 Å². The van der Waals surface area contributed by atoms with Gasteiger partial charge in [0.15, 0.2) is 0 Å². The molecule has 0 heterocycles. The highest BCUT2D eigenvalue weighted by molar-refractivity contribution is 5.79. The Balaban J connectivity index is 1.75. The van der Waals surface area contributed by atoms with Crippen LogP contribution in [0.15, 0.2) is 79.4 Å². The van der Waals surface area contributed by atoms with Crippen LogP contribution in [0.5, 0.6) is 0 Å². The van der Waals surface area contributed by atoms with Gasteiger partial charge in [0.05, 0.1) is 0 Å². The lowest BCUT2D eigenvalue weighted by Gasteiger charge is -2.10. The maximum atomic E-state index is 4.23. The summed E-state index contributed by atoms with van der Waals surface area (Å²) >= 11 is 0. The van der Waals surface area contributed by atoms with Crippen LogP contribution in [0.2, 0.25) is 0 Å². The van der Waals surface area contributed by atoms with Crippen molar-refractivity contribution in [3.05, 3.63) is 102 Å². The topological polar surface area (TPSA) is 12.0 Å². The minimum atomic E-state index is 1.05. The Labute approximate surface area is 138 Å². The van der Waals surface area contributed by atoms with Gasteiger partial charge < -0.3 is 5.32 Å². The van der Waals surface area contributed by atoms with Crippen molar-refractivity contribution in [1.82, 2.24) is 0 Å². The van der Waals surface area contributed by atoms with Gasteiger partial charge in [0.2, 0.25) is 0 Å². The number of rotatable bonds is 4. The molecule has 0 atom stereocenters. The minimum Gasteiger partial charge on any atom is -0.356 e. The molecule has 0 unspecified atom stereocenters. The fraction of sp³-hybridized carbons (Fsp3) is 0.0909. The molecular formula is C22H21N. The molecule has 0 spiro atoms. The van der Waals surface area contributed by atoms with E-state index in [-0.39, 0.29) is 0 Å². The first-order valence-corrected chi connectivity index (χ1v) is 7.82. The molecule has 1 N–H and O–H groups in total. The normalized spacial score (nSPS) is 10.3. The molecule has 0 aliphatic carbocycles. The molecule has 0 aliphatic rings. The molecule has 0 fully saturated rings. The van der Waals surface area contributed by atoms with Crippen LogP contribution in [-0.4, -0.2) is 0 Å². The quantitative estimate of drug-likeness (QED) is 0.613. The summed E-state index contributed by atoms with van der Waals surface area (Å²) in [4.78, 5) is 0. The standard InChI is InChI=1S/C22H21N/c1-16-4-8-19(9-5-16)18(3)20-10-14-22(15-11-20)23-21-12-6-17(2)7-13-21/h4-15,23H,3H2,1-2H3. The molecule has 3 rings (SSSR count). The van der Waals surface area contributed by atoms with E-state index in [0.717, 1.165) is 28.1 Å². The van der Waals surface area contributed by atoms with E-state index in [4.69, 9.17) is 0 Å².